The predicted octanol–water partition coefficient (Wildman–Crippen LogP) is 5.25. The molecule has 2 heteroatoms. The van der Waals surface area contributed by atoms with Crippen molar-refractivity contribution in [3.8, 4) is 0 Å². The molecule has 0 aliphatic heterocycles. The van der Waals surface area contributed by atoms with Crippen molar-refractivity contribution in [2.24, 2.45) is 0 Å². The van der Waals surface area contributed by atoms with Crippen LogP contribution in [0.25, 0.3) is 0 Å². The zero-order valence-corrected chi connectivity index (χ0v) is 12.3. The zero-order valence-electron chi connectivity index (χ0n) is 10.7. The van der Waals surface area contributed by atoms with Gasteiger partial charge in [0.15, 0.2) is 0 Å². The topological polar surface area (TPSA) is 0 Å². The molecule has 3 aliphatic carbocycles. The molecule has 0 radical (unpaired) electrons. The molecule has 0 aromatic heterocycles. The van der Waals surface area contributed by atoms with Crippen LogP contribution in [-0.2, 0) is 0 Å². The second-order valence-corrected chi connectivity index (χ2v) is 8.81. The number of hydrogen-bond acceptors (Lipinski definition) is 2. The Morgan fingerprint density at radius 3 is 1.32 bits per heavy atom. The first-order valence-electron chi connectivity index (χ1n) is 6.76. The van der Waals surface area contributed by atoms with E-state index in [0.717, 1.165) is 0 Å². The van der Waals surface area contributed by atoms with E-state index in [9.17, 15) is 0 Å². The van der Waals surface area contributed by atoms with Gasteiger partial charge in [-0.2, -0.15) is 0 Å². The number of thioether (sulfide) groups is 2. The minimum Gasteiger partial charge on any atom is -0.119 e. The molecule has 0 saturated heterocycles. The molecule has 19 heavy (non-hydrogen) atoms. The lowest BCUT2D eigenvalue weighted by atomic mass is 9.54. The summed E-state index contributed by atoms with van der Waals surface area (Å²) in [5, 5.41) is 0. The summed E-state index contributed by atoms with van der Waals surface area (Å²) in [5.41, 5.74) is 0. The van der Waals surface area contributed by atoms with Gasteiger partial charge in [0, 0.05) is 19.3 Å². The van der Waals surface area contributed by atoms with Crippen molar-refractivity contribution in [3.05, 3.63) is 60.7 Å². The highest BCUT2D eigenvalue weighted by molar-refractivity contribution is 8.03. The van der Waals surface area contributed by atoms with E-state index in [0.29, 0.717) is 9.49 Å². The van der Waals surface area contributed by atoms with Crippen LogP contribution in [0.2, 0.25) is 0 Å². The summed E-state index contributed by atoms with van der Waals surface area (Å²) in [6.07, 6.45) is 4.12. The van der Waals surface area contributed by atoms with Crippen LogP contribution >= 0.6 is 23.5 Å². The number of rotatable bonds is 4. The Hall–Kier alpha value is -0.860. The average Bonchev–Trinajstić information content (AvgIpc) is 2.37. The summed E-state index contributed by atoms with van der Waals surface area (Å²) in [5.74, 6) is 0. The number of hydrogen-bond donors (Lipinski definition) is 0. The highest BCUT2D eigenvalue weighted by atomic mass is 32.2. The van der Waals surface area contributed by atoms with Crippen LogP contribution in [0.15, 0.2) is 70.5 Å². The van der Waals surface area contributed by atoms with Crippen molar-refractivity contribution in [3.63, 3.8) is 0 Å². The number of benzene rings is 2. The minimum absolute atomic E-state index is 0.559. The first-order chi connectivity index (χ1) is 9.28. The second-order valence-electron chi connectivity index (χ2n) is 5.73. The van der Waals surface area contributed by atoms with E-state index < -0.39 is 0 Å². The first-order valence-corrected chi connectivity index (χ1v) is 8.39. The van der Waals surface area contributed by atoms with Crippen LogP contribution in [0.5, 0.6) is 0 Å². The summed E-state index contributed by atoms with van der Waals surface area (Å²) in [6.45, 7) is 0. The van der Waals surface area contributed by atoms with E-state index in [1.807, 2.05) is 0 Å². The molecule has 0 spiro atoms. The third-order valence-corrected chi connectivity index (χ3v) is 6.84. The van der Waals surface area contributed by atoms with Crippen molar-refractivity contribution in [2.45, 2.75) is 38.5 Å². The maximum Gasteiger partial charge on any atom is 0.0247 e. The molecule has 0 heterocycles. The second kappa shape index (κ2) is 4.32. The molecule has 2 aromatic rings. The third kappa shape index (κ3) is 2.11. The summed E-state index contributed by atoms with van der Waals surface area (Å²) < 4.78 is 1.12. The van der Waals surface area contributed by atoms with Gasteiger partial charge in [-0.1, -0.05) is 36.4 Å². The molecule has 3 saturated carbocycles. The molecule has 3 aliphatic rings. The van der Waals surface area contributed by atoms with Gasteiger partial charge in [-0.05, 0) is 43.5 Å². The average molecular weight is 284 g/mol. The van der Waals surface area contributed by atoms with Gasteiger partial charge in [0.1, 0.15) is 0 Å². The lowest BCUT2D eigenvalue weighted by Gasteiger charge is -2.69. The van der Waals surface area contributed by atoms with Crippen molar-refractivity contribution < 1.29 is 0 Å². The summed E-state index contributed by atoms with van der Waals surface area (Å²) in [7, 11) is 0. The van der Waals surface area contributed by atoms with E-state index in [-0.39, 0.29) is 0 Å². The zero-order chi connectivity index (χ0) is 12.8. The molecule has 96 valence electrons. The van der Waals surface area contributed by atoms with E-state index in [2.05, 4.69) is 84.2 Å². The van der Waals surface area contributed by atoms with Gasteiger partial charge in [0.05, 0.1) is 0 Å². The molecule has 2 aromatic carbocycles. The van der Waals surface area contributed by atoms with Crippen LogP contribution < -0.4 is 0 Å². The molecular weight excluding hydrogens is 268 g/mol. The summed E-state index contributed by atoms with van der Waals surface area (Å²) in [6, 6.07) is 21.7. The fourth-order valence-corrected chi connectivity index (χ4v) is 7.25. The minimum atomic E-state index is 0.559. The fourth-order valence-electron chi connectivity index (χ4n) is 3.30. The van der Waals surface area contributed by atoms with E-state index in [4.69, 9.17) is 0 Å². The van der Waals surface area contributed by atoms with Crippen LogP contribution in [0, 0.1) is 0 Å². The first kappa shape index (κ1) is 11.9. The van der Waals surface area contributed by atoms with Crippen LogP contribution in [0.1, 0.15) is 19.3 Å². The van der Waals surface area contributed by atoms with Crippen molar-refractivity contribution in [1.29, 1.82) is 0 Å². The van der Waals surface area contributed by atoms with Gasteiger partial charge in [-0.3, -0.25) is 0 Å². The lowest BCUT2D eigenvalue weighted by Crippen LogP contribution is -2.68. The maximum absolute atomic E-state index is 2.24. The Bertz CT molecular complexity index is 505. The quantitative estimate of drug-likeness (QED) is 0.752. The van der Waals surface area contributed by atoms with Gasteiger partial charge < -0.3 is 0 Å². The standard InChI is InChI=1S/C17H16S2/c1-3-7-14(8-4-1)18-16-11-17(12-16,13-16)19-15-9-5-2-6-10-15/h1-10H,11-13H2. The third-order valence-electron chi connectivity index (χ3n) is 4.09. The summed E-state index contributed by atoms with van der Waals surface area (Å²) >= 11 is 4.19. The van der Waals surface area contributed by atoms with E-state index in [1.54, 1.807) is 0 Å². The van der Waals surface area contributed by atoms with Gasteiger partial charge in [0.2, 0.25) is 0 Å². The SMILES string of the molecule is c1ccc(SC23CC(Sc4ccccc4)(C2)C3)cc1. The Morgan fingerprint density at radius 2 is 0.947 bits per heavy atom. The molecule has 0 unspecified atom stereocenters. The van der Waals surface area contributed by atoms with Crippen LogP contribution in [-0.4, -0.2) is 9.49 Å². The Kier molecular flexibility index (Phi) is 2.71. The highest BCUT2D eigenvalue weighted by Crippen LogP contribution is 2.75. The normalized spacial score (nSPS) is 31.4. The van der Waals surface area contributed by atoms with Gasteiger partial charge in [-0.25, -0.2) is 0 Å². The fraction of sp³-hybridized carbons (Fsp3) is 0.294. The molecule has 0 N–H and O–H groups in total. The van der Waals surface area contributed by atoms with Gasteiger partial charge in [-0.15, -0.1) is 23.5 Å². The van der Waals surface area contributed by atoms with Crippen molar-refractivity contribution in [1.82, 2.24) is 0 Å². The van der Waals surface area contributed by atoms with Crippen molar-refractivity contribution in [2.75, 3.05) is 0 Å². The molecular formula is C17H16S2. The van der Waals surface area contributed by atoms with Crippen LogP contribution in [0.4, 0.5) is 0 Å². The van der Waals surface area contributed by atoms with E-state index >= 15 is 0 Å². The van der Waals surface area contributed by atoms with Gasteiger partial charge in [0.25, 0.3) is 0 Å². The lowest BCUT2D eigenvalue weighted by molar-refractivity contribution is 0.0977. The maximum atomic E-state index is 2.24. The Balaban J connectivity index is 1.39. The molecule has 2 bridgehead atoms. The highest BCUT2D eigenvalue weighted by Gasteiger charge is 2.68. The Labute approximate surface area is 123 Å². The van der Waals surface area contributed by atoms with Gasteiger partial charge >= 0.3 is 0 Å². The van der Waals surface area contributed by atoms with Crippen LogP contribution in [0.3, 0.4) is 0 Å². The molecule has 0 amide bonds. The molecule has 0 atom stereocenters. The van der Waals surface area contributed by atoms with E-state index in [1.165, 1.54) is 29.1 Å². The largest absolute Gasteiger partial charge is 0.119 e. The predicted molar refractivity (Wildman–Crippen MR) is 83.9 cm³/mol. The Morgan fingerprint density at radius 1 is 0.579 bits per heavy atom. The van der Waals surface area contributed by atoms with Crippen molar-refractivity contribution >= 4 is 23.5 Å². The monoisotopic (exact) mass is 284 g/mol. The molecule has 5 rings (SSSR count). The smallest absolute Gasteiger partial charge is 0.0247 e. The molecule has 3 fully saturated rings. The molecule has 0 nitrogen and oxygen atoms in total. The summed E-state index contributed by atoms with van der Waals surface area (Å²) in [4.78, 5) is 2.86.